The minimum Gasteiger partial charge on any atom is -0.346 e. The fourth-order valence-corrected chi connectivity index (χ4v) is 7.41. The van der Waals surface area contributed by atoms with E-state index in [9.17, 15) is 22.8 Å². The lowest BCUT2D eigenvalue weighted by Crippen LogP contribution is -2.64. The van der Waals surface area contributed by atoms with E-state index < -0.39 is 27.3 Å². The zero-order chi connectivity index (χ0) is 31.6. The van der Waals surface area contributed by atoms with Crippen molar-refractivity contribution < 1.29 is 22.8 Å². The Labute approximate surface area is 258 Å². The van der Waals surface area contributed by atoms with Crippen molar-refractivity contribution >= 4 is 50.2 Å². The number of fused-ring (bicyclic) bond motifs is 2. The summed E-state index contributed by atoms with van der Waals surface area (Å²) in [7, 11) is -3.53. The number of likely N-dealkylation sites (tertiary alicyclic amines) is 1. The minimum absolute atomic E-state index is 0.0144. The summed E-state index contributed by atoms with van der Waals surface area (Å²) in [4.78, 5) is 57.7. The predicted molar refractivity (Wildman–Crippen MR) is 163 cm³/mol. The van der Waals surface area contributed by atoms with Crippen LogP contribution in [0.2, 0.25) is 0 Å². The number of aliphatic imine (C=N–C) groups is 1. The molecular formula is C30H31N9O5S. The largest absolute Gasteiger partial charge is 0.346 e. The van der Waals surface area contributed by atoms with Gasteiger partial charge in [-0.15, -0.1) is 0 Å². The summed E-state index contributed by atoms with van der Waals surface area (Å²) in [6.45, 7) is 3.33. The molecule has 232 valence electrons. The second-order valence-electron chi connectivity index (χ2n) is 12.0. The Kier molecular flexibility index (Phi) is 6.62. The molecule has 4 amide bonds. The number of nitrogens with one attached hydrogen (secondary N) is 4. The molecule has 0 unspecified atom stereocenters. The monoisotopic (exact) mass is 629 g/mol. The van der Waals surface area contributed by atoms with Crippen LogP contribution in [0.1, 0.15) is 46.7 Å². The maximum atomic E-state index is 12.8. The molecule has 7 rings (SSSR count). The SMILES string of the molecule is Cc1ncc(C(=O)NCc2cc3nc(C4=CCN=C(N5CC[C@@]6(NC(=O)NC6=O)C6(CC6)C5)N4)ccc3cn2)cc1S(C)(=O)=O. The van der Waals surface area contributed by atoms with E-state index in [0.29, 0.717) is 54.6 Å². The topological polar surface area (TPSA) is 188 Å². The van der Waals surface area contributed by atoms with E-state index in [-0.39, 0.29) is 28.3 Å². The van der Waals surface area contributed by atoms with Gasteiger partial charge in [0.2, 0.25) is 0 Å². The van der Waals surface area contributed by atoms with E-state index in [2.05, 4.69) is 41.1 Å². The summed E-state index contributed by atoms with van der Waals surface area (Å²) in [6, 6.07) is 6.54. The number of hydrogen-bond acceptors (Lipinski definition) is 11. The van der Waals surface area contributed by atoms with Gasteiger partial charge >= 0.3 is 6.03 Å². The van der Waals surface area contributed by atoms with E-state index in [0.717, 1.165) is 30.2 Å². The van der Waals surface area contributed by atoms with E-state index in [1.807, 2.05) is 18.2 Å². The van der Waals surface area contributed by atoms with Crippen LogP contribution in [-0.4, -0.2) is 83.5 Å². The molecule has 1 saturated carbocycles. The second kappa shape index (κ2) is 10.3. The van der Waals surface area contributed by atoms with Gasteiger partial charge < -0.3 is 20.9 Å². The van der Waals surface area contributed by atoms with Gasteiger partial charge in [-0.2, -0.15) is 0 Å². The van der Waals surface area contributed by atoms with E-state index in [1.165, 1.54) is 12.3 Å². The Balaban J connectivity index is 1.04. The van der Waals surface area contributed by atoms with Crippen molar-refractivity contribution in [2.75, 3.05) is 25.9 Å². The number of carbonyl (C=O) groups excluding carboxylic acids is 3. The van der Waals surface area contributed by atoms with Crippen molar-refractivity contribution in [2.45, 2.75) is 43.2 Å². The molecule has 45 heavy (non-hydrogen) atoms. The molecule has 3 fully saturated rings. The standard InChI is InChI=1S/C30H31N9O5S/c1-17-24(45(2,43)44)11-19(14-32-17)25(40)34-15-20-12-23-18(13-33-20)3-4-21(35-23)22-5-9-31-27(36-22)39-10-8-30(29(16-39)6-7-29)26(41)37-28(42)38-30/h3-5,11-14H,6-10,15-16H2,1-2H3,(H,31,36)(H,34,40)(H2,37,38,41,42)/t30-/m0/s1. The molecule has 0 aromatic carbocycles. The van der Waals surface area contributed by atoms with Gasteiger partial charge in [-0.3, -0.25) is 24.9 Å². The lowest BCUT2D eigenvalue weighted by Gasteiger charge is -2.45. The van der Waals surface area contributed by atoms with Crippen LogP contribution in [0, 0.1) is 12.3 Å². The highest BCUT2D eigenvalue weighted by Crippen LogP contribution is 2.58. The molecule has 1 atom stereocenters. The van der Waals surface area contributed by atoms with Crippen LogP contribution in [0.15, 0.2) is 52.6 Å². The molecule has 4 N–H and O–H groups in total. The predicted octanol–water partition coefficient (Wildman–Crippen LogP) is 1.03. The number of nitrogens with zero attached hydrogens (tertiary/aromatic N) is 5. The Hall–Kier alpha value is -4.92. The average Bonchev–Trinajstić information content (AvgIpc) is 3.73. The van der Waals surface area contributed by atoms with Crippen molar-refractivity contribution in [3.63, 3.8) is 0 Å². The first-order chi connectivity index (χ1) is 21.5. The van der Waals surface area contributed by atoms with Gasteiger partial charge in [0.05, 0.1) is 51.8 Å². The lowest BCUT2D eigenvalue weighted by molar-refractivity contribution is -0.128. The molecule has 3 aliphatic heterocycles. The van der Waals surface area contributed by atoms with Gasteiger partial charge in [0.25, 0.3) is 11.8 Å². The molecule has 4 aliphatic rings. The van der Waals surface area contributed by atoms with Gasteiger partial charge in [-0.05, 0) is 56.5 Å². The fourth-order valence-electron chi connectivity index (χ4n) is 6.48. The number of guanidine groups is 1. The molecule has 2 spiro atoms. The third-order valence-corrected chi connectivity index (χ3v) is 10.3. The van der Waals surface area contributed by atoms with E-state index >= 15 is 0 Å². The highest BCUT2D eigenvalue weighted by molar-refractivity contribution is 7.90. The number of sulfone groups is 1. The smallest absolute Gasteiger partial charge is 0.322 e. The van der Waals surface area contributed by atoms with Crippen LogP contribution >= 0.6 is 0 Å². The number of piperidine rings is 1. The van der Waals surface area contributed by atoms with Gasteiger partial charge in [-0.1, -0.05) is 0 Å². The van der Waals surface area contributed by atoms with Gasteiger partial charge in [0.1, 0.15) is 5.54 Å². The van der Waals surface area contributed by atoms with Crippen LogP contribution in [0.5, 0.6) is 0 Å². The summed E-state index contributed by atoms with van der Waals surface area (Å²) in [5.74, 6) is 0.0146. The van der Waals surface area contributed by atoms with Crippen molar-refractivity contribution in [3.8, 4) is 0 Å². The molecule has 1 aliphatic carbocycles. The Morgan fingerprint density at radius 1 is 1.09 bits per heavy atom. The summed E-state index contributed by atoms with van der Waals surface area (Å²) < 4.78 is 24.1. The number of rotatable bonds is 5. The number of aryl methyl sites for hydroxylation is 1. The van der Waals surface area contributed by atoms with Crippen LogP contribution in [-0.2, 0) is 21.2 Å². The summed E-state index contributed by atoms with van der Waals surface area (Å²) in [6.07, 6.45) is 8.30. The van der Waals surface area contributed by atoms with Crippen LogP contribution in [0.3, 0.4) is 0 Å². The number of hydrogen-bond donors (Lipinski definition) is 4. The van der Waals surface area contributed by atoms with Crippen molar-refractivity contribution in [1.82, 2.24) is 41.1 Å². The molecule has 3 aromatic rings. The lowest BCUT2D eigenvalue weighted by atomic mass is 9.74. The summed E-state index contributed by atoms with van der Waals surface area (Å²) in [5.41, 5.74) is 2.10. The normalized spacial score (nSPS) is 22.0. The number of aromatic nitrogens is 3. The van der Waals surface area contributed by atoms with Crippen molar-refractivity contribution in [1.29, 1.82) is 0 Å². The van der Waals surface area contributed by atoms with Crippen LogP contribution < -0.4 is 21.3 Å². The number of pyridine rings is 3. The zero-order valence-corrected chi connectivity index (χ0v) is 25.5. The highest BCUT2D eigenvalue weighted by atomic mass is 32.2. The highest BCUT2D eigenvalue weighted by Gasteiger charge is 2.68. The summed E-state index contributed by atoms with van der Waals surface area (Å²) >= 11 is 0. The molecule has 14 nitrogen and oxygen atoms in total. The Bertz CT molecular complexity index is 1970. The first-order valence-corrected chi connectivity index (χ1v) is 16.5. The van der Waals surface area contributed by atoms with Gasteiger partial charge in [-0.25, -0.2) is 23.2 Å². The van der Waals surface area contributed by atoms with E-state index in [1.54, 1.807) is 19.2 Å². The minimum atomic E-state index is -3.53. The molecule has 0 radical (unpaired) electrons. The van der Waals surface area contributed by atoms with Crippen molar-refractivity contribution in [2.24, 2.45) is 10.4 Å². The average molecular weight is 630 g/mol. The van der Waals surface area contributed by atoms with Crippen LogP contribution in [0.25, 0.3) is 16.6 Å². The molecule has 0 bridgehead atoms. The number of imide groups is 1. The number of carbonyl (C=O) groups is 3. The number of amides is 4. The Morgan fingerprint density at radius 3 is 2.64 bits per heavy atom. The molecule has 6 heterocycles. The van der Waals surface area contributed by atoms with Gasteiger partial charge in [0.15, 0.2) is 15.8 Å². The Morgan fingerprint density at radius 2 is 1.91 bits per heavy atom. The van der Waals surface area contributed by atoms with Crippen LogP contribution in [0.4, 0.5) is 4.79 Å². The first kappa shape index (κ1) is 28.8. The molecule has 3 aromatic heterocycles. The second-order valence-corrected chi connectivity index (χ2v) is 14.0. The fraction of sp³-hybridized carbons (Fsp3) is 0.367. The van der Waals surface area contributed by atoms with E-state index in [4.69, 9.17) is 4.98 Å². The maximum Gasteiger partial charge on any atom is 0.322 e. The zero-order valence-electron chi connectivity index (χ0n) is 24.7. The third kappa shape index (κ3) is 5.06. The third-order valence-electron chi connectivity index (χ3n) is 9.07. The molecule has 15 heteroatoms. The molecule has 2 saturated heterocycles. The quantitative estimate of drug-likeness (QED) is 0.297. The first-order valence-electron chi connectivity index (χ1n) is 14.6. The maximum absolute atomic E-state index is 12.8. The van der Waals surface area contributed by atoms with Crippen molar-refractivity contribution in [3.05, 3.63) is 65.4 Å². The van der Waals surface area contributed by atoms with Gasteiger partial charge in [0, 0.05) is 42.5 Å². The molecular weight excluding hydrogens is 598 g/mol. The number of urea groups is 1. The summed E-state index contributed by atoms with van der Waals surface area (Å²) in [5, 5.41) is 12.4.